The van der Waals surface area contributed by atoms with Gasteiger partial charge in [-0.3, -0.25) is 18.6 Å². The van der Waals surface area contributed by atoms with Crippen molar-refractivity contribution in [3.05, 3.63) is 109 Å². The summed E-state index contributed by atoms with van der Waals surface area (Å²) in [6, 6.07) is -0.890. The van der Waals surface area contributed by atoms with E-state index in [2.05, 4.69) is 123 Å². The molecule has 0 rings (SSSR count). The largest absolute Gasteiger partial charge is 0.472 e. The van der Waals surface area contributed by atoms with Gasteiger partial charge >= 0.3 is 13.8 Å². The Bertz CT molecular complexity index is 1620. The van der Waals surface area contributed by atoms with E-state index in [1.165, 1.54) is 70.6 Å². The first-order chi connectivity index (χ1) is 35.4. The fourth-order valence-corrected chi connectivity index (χ4v) is 8.42. The molecule has 3 atom stereocenters. The summed E-state index contributed by atoms with van der Waals surface area (Å²) in [7, 11) is 1.44. The summed E-state index contributed by atoms with van der Waals surface area (Å²) >= 11 is 0. The van der Waals surface area contributed by atoms with Crippen LogP contribution in [0.15, 0.2) is 109 Å². The molecular formula is C63H110N2O7P+. The molecule has 0 aromatic rings. The standard InChI is InChI=1S/C63H109N2O7P/c1-7-10-13-16-19-22-25-27-29-31-32-34-36-38-41-44-47-50-53-56-63(67)72-61(54-51-48-45-42-39-24-21-18-15-12-9-3)60(59-71-73(68,69)70-58-57-65(4,5)6)64-62(66)55-52-49-46-43-40-37-35-33-30-28-26-23-20-17-14-11-8-2/h11,14,19-20,22-23,27-30,32,34-35,37,43,46,51,54,60-61H,7-10,12-13,15-18,21,24-26,31,33,36,38-42,44-45,47-50,52-53,55-59H2,1-6H3,(H-,64,66,68,69)/p+1/b14-11-,22-19-,23-20-,29-27-,30-28-,34-32-,37-35-,46-43-,54-51+. The number of allylic oxidation sites excluding steroid dienone is 17. The van der Waals surface area contributed by atoms with Gasteiger partial charge < -0.3 is 19.4 Å². The van der Waals surface area contributed by atoms with Crippen LogP contribution in [0.3, 0.4) is 0 Å². The zero-order valence-electron chi connectivity index (χ0n) is 47.6. The van der Waals surface area contributed by atoms with Crippen LogP contribution in [0.25, 0.3) is 0 Å². The van der Waals surface area contributed by atoms with Crippen LogP contribution >= 0.6 is 7.82 Å². The number of hydrogen-bond acceptors (Lipinski definition) is 6. The van der Waals surface area contributed by atoms with Gasteiger partial charge in [0.1, 0.15) is 19.3 Å². The normalized spacial score (nSPS) is 14.6. The summed E-state index contributed by atoms with van der Waals surface area (Å²) in [6.45, 7) is 6.79. The van der Waals surface area contributed by atoms with Crippen LogP contribution in [0.4, 0.5) is 0 Å². The Morgan fingerprint density at radius 3 is 1.37 bits per heavy atom. The first-order valence-corrected chi connectivity index (χ1v) is 30.7. The van der Waals surface area contributed by atoms with Crippen molar-refractivity contribution in [1.29, 1.82) is 0 Å². The number of likely N-dealkylation sites (N-methyl/N-ethyl adjacent to an activating group) is 1. The lowest BCUT2D eigenvalue weighted by Crippen LogP contribution is -2.47. The number of rotatable bonds is 51. The van der Waals surface area contributed by atoms with Gasteiger partial charge in [-0.25, -0.2) is 4.57 Å². The van der Waals surface area contributed by atoms with E-state index in [1.54, 1.807) is 0 Å². The number of esters is 1. The van der Waals surface area contributed by atoms with Crippen molar-refractivity contribution in [2.75, 3.05) is 40.9 Å². The topological polar surface area (TPSA) is 111 Å². The van der Waals surface area contributed by atoms with Gasteiger partial charge in [0.05, 0.1) is 33.8 Å². The molecule has 0 fully saturated rings. The van der Waals surface area contributed by atoms with Crippen LogP contribution in [-0.4, -0.2) is 74.3 Å². The Morgan fingerprint density at radius 2 is 0.890 bits per heavy atom. The van der Waals surface area contributed by atoms with E-state index in [0.717, 1.165) is 109 Å². The number of phosphoric ester groups is 1. The van der Waals surface area contributed by atoms with Crippen LogP contribution in [0, 0.1) is 0 Å². The highest BCUT2D eigenvalue weighted by atomic mass is 31.2. The summed E-state index contributed by atoms with van der Waals surface area (Å²) in [5, 5.41) is 3.01. The zero-order valence-corrected chi connectivity index (χ0v) is 48.5. The van der Waals surface area contributed by atoms with Crippen molar-refractivity contribution in [2.45, 2.75) is 238 Å². The average Bonchev–Trinajstić information content (AvgIpc) is 3.35. The predicted molar refractivity (Wildman–Crippen MR) is 313 cm³/mol. The van der Waals surface area contributed by atoms with Crippen LogP contribution in [0.5, 0.6) is 0 Å². The molecule has 0 saturated heterocycles. The highest BCUT2D eigenvalue weighted by Gasteiger charge is 2.30. The summed E-state index contributed by atoms with van der Waals surface area (Å²) < 4.78 is 30.6. The summed E-state index contributed by atoms with van der Waals surface area (Å²) in [5.74, 6) is -0.597. The molecule has 0 radical (unpaired) electrons. The third kappa shape index (κ3) is 53.3. The van der Waals surface area contributed by atoms with Crippen LogP contribution < -0.4 is 5.32 Å². The number of ether oxygens (including phenoxy) is 1. The quantitative estimate of drug-likeness (QED) is 0.0205. The maximum absolute atomic E-state index is 13.5. The highest BCUT2D eigenvalue weighted by molar-refractivity contribution is 7.47. The van der Waals surface area contributed by atoms with E-state index >= 15 is 0 Å². The van der Waals surface area contributed by atoms with E-state index in [0.29, 0.717) is 23.9 Å². The molecule has 0 aliphatic rings. The van der Waals surface area contributed by atoms with Crippen molar-refractivity contribution in [2.24, 2.45) is 0 Å². The molecule has 2 N–H and O–H groups in total. The molecule has 9 nitrogen and oxygen atoms in total. The molecule has 0 saturated carbocycles. The van der Waals surface area contributed by atoms with E-state index in [9.17, 15) is 19.0 Å². The second-order valence-corrected chi connectivity index (χ2v) is 21.9. The fraction of sp³-hybridized carbons (Fsp3) is 0.683. The first-order valence-electron chi connectivity index (χ1n) is 29.2. The number of nitrogens with zero attached hydrogens (tertiary/aromatic N) is 1. The maximum Gasteiger partial charge on any atom is 0.472 e. The molecule has 0 aromatic carbocycles. The average molecular weight is 1040 g/mol. The number of carbonyl (C=O) groups is 2. The monoisotopic (exact) mass is 1040 g/mol. The SMILES string of the molecule is CC/C=C\C/C=C\C/C=C\C/C=C\C/C=C\CCCC(=O)NC(COP(=O)(O)OCC[N+](C)(C)C)C(/C=C/CCCCCCCCCCC)OC(=O)CCCCCCCC/C=C\C/C=C\C/C=C\CCCCC. The van der Waals surface area contributed by atoms with Crippen molar-refractivity contribution in [3.8, 4) is 0 Å². The number of hydrogen-bond donors (Lipinski definition) is 2. The Balaban J connectivity index is 5.41. The van der Waals surface area contributed by atoms with Crippen molar-refractivity contribution >= 4 is 19.7 Å². The Labute approximate surface area is 449 Å². The fourth-order valence-electron chi connectivity index (χ4n) is 7.69. The lowest BCUT2D eigenvalue weighted by Gasteiger charge is -2.27. The molecule has 10 heteroatoms. The van der Waals surface area contributed by atoms with Gasteiger partial charge in [0.25, 0.3) is 0 Å². The minimum Gasteiger partial charge on any atom is -0.456 e. The third-order valence-corrected chi connectivity index (χ3v) is 13.2. The Kier molecular flexibility index (Phi) is 49.7. The first kappa shape index (κ1) is 69.7. The third-order valence-electron chi connectivity index (χ3n) is 12.2. The Hall–Kier alpha value is -3.33. The van der Waals surface area contributed by atoms with Crippen molar-refractivity contribution in [1.82, 2.24) is 5.32 Å². The van der Waals surface area contributed by atoms with E-state index in [-0.39, 0.29) is 37.9 Å². The summed E-state index contributed by atoms with van der Waals surface area (Å²) in [5.41, 5.74) is 0. The number of amides is 1. The lowest BCUT2D eigenvalue weighted by molar-refractivity contribution is -0.870. The van der Waals surface area contributed by atoms with E-state index < -0.39 is 20.0 Å². The van der Waals surface area contributed by atoms with Gasteiger partial charge in [-0.15, -0.1) is 0 Å². The lowest BCUT2D eigenvalue weighted by atomic mass is 10.1. The molecule has 0 spiro atoms. The molecule has 418 valence electrons. The van der Waals surface area contributed by atoms with Crippen molar-refractivity contribution < 1.29 is 37.3 Å². The predicted octanol–water partition coefficient (Wildman–Crippen LogP) is 17.8. The molecule has 0 aromatic heterocycles. The minimum absolute atomic E-state index is 0.0216. The van der Waals surface area contributed by atoms with Gasteiger partial charge in [-0.05, 0) is 109 Å². The van der Waals surface area contributed by atoms with Crippen molar-refractivity contribution in [3.63, 3.8) is 0 Å². The molecule has 73 heavy (non-hydrogen) atoms. The number of phosphoric acid groups is 1. The molecule has 0 bridgehead atoms. The molecule has 0 heterocycles. The molecule has 3 unspecified atom stereocenters. The van der Waals surface area contributed by atoms with Gasteiger partial charge in [0, 0.05) is 12.8 Å². The molecule has 0 aliphatic carbocycles. The minimum atomic E-state index is -4.47. The number of carbonyl (C=O) groups excluding carboxylic acids is 2. The number of unbranched alkanes of at least 4 members (excludes halogenated alkanes) is 19. The van der Waals surface area contributed by atoms with Gasteiger partial charge in [0.2, 0.25) is 5.91 Å². The van der Waals surface area contributed by atoms with Crippen LogP contribution in [-0.2, 0) is 27.9 Å². The second-order valence-electron chi connectivity index (χ2n) is 20.4. The smallest absolute Gasteiger partial charge is 0.456 e. The van der Waals surface area contributed by atoms with Gasteiger partial charge in [-0.1, -0.05) is 214 Å². The molecular weight excluding hydrogens is 928 g/mol. The molecule has 1 amide bonds. The highest BCUT2D eigenvalue weighted by Crippen LogP contribution is 2.43. The molecule has 0 aliphatic heterocycles. The summed E-state index contributed by atoms with van der Waals surface area (Å²) in [6.07, 6.45) is 70.9. The van der Waals surface area contributed by atoms with Crippen LogP contribution in [0.1, 0.15) is 226 Å². The second kappa shape index (κ2) is 52.1. The number of nitrogens with one attached hydrogen (secondary N) is 1. The van der Waals surface area contributed by atoms with Gasteiger partial charge in [-0.2, -0.15) is 0 Å². The number of quaternary nitrogens is 1. The summed E-state index contributed by atoms with van der Waals surface area (Å²) in [4.78, 5) is 37.6. The Morgan fingerprint density at radius 1 is 0.493 bits per heavy atom. The van der Waals surface area contributed by atoms with Gasteiger partial charge in [0.15, 0.2) is 0 Å². The van der Waals surface area contributed by atoms with Crippen LogP contribution in [0.2, 0.25) is 0 Å². The van der Waals surface area contributed by atoms with E-state index in [4.69, 9.17) is 13.8 Å². The zero-order chi connectivity index (χ0) is 53.6. The van der Waals surface area contributed by atoms with E-state index in [1.807, 2.05) is 33.3 Å². The maximum atomic E-state index is 13.5.